The largest absolute Gasteiger partial charge is 0.491 e. The van der Waals surface area contributed by atoms with Gasteiger partial charge in [0, 0.05) is 37.4 Å². The van der Waals surface area contributed by atoms with Crippen LogP contribution >= 0.6 is 0 Å². The number of anilines is 1. The number of nitrogens with zero attached hydrogens (tertiary/aromatic N) is 1. The molecular formula is C23H26N2O4. The van der Waals surface area contributed by atoms with Crippen LogP contribution in [-0.4, -0.2) is 42.6 Å². The highest BCUT2D eigenvalue weighted by Gasteiger charge is 2.26. The van der Waals surface area contributed by atoms with Crippen molar-refractivity contribution in [3.63, 3.8) is 0 Å². The fourth-order valence-corrected chi connectivity index (χ4v) is 3.72. The molecule has 0 bridgehead atoms. The minimum Gasteiger partial charge on any atom is -0.491 e. The second-order valence-electron chi connectivity index (χ2n) is 7.51. The van der Waals surface area contributed by atoms with Gasteiger partial charge in [-0.1, -0.05) is 18.2 Å². The lowest BCUT2D eigenvalue weighted by molar-refractivity contribution is -0.116. The Morgan fingerprint density at radius 2 is 1.97 bits per heavy atom. The lowest BCUT2D eigenvalue weighted by Gasteiger charge is -2.22. The molecule has 0 saturated carbocycles. The van der Waals surface area contributed by atoms with Crippen molar-refractivity contribution < 1.29 is 19.1 Å². The first-order valence-electron chi connectivity index (χ1n) is 10.2. The van der Waals surface area contributed by atoms with Crippen LogP contribution in [-0.2, 0) is 16.1 Å². The number of carbonyl (C=O) groups excluding carboxylic acids is 2. The first-order chi connectivity index (χ1) is 14.2. The molecule has 1 atom stereocenters. The fraction of sp³-hybridized carbons (Fsp3) is 0.391. The highest BCUT2D eigenvalue weighted by atomic mass is 16.5. The number of nitrogens with one attached hydrogen (secondary N) is 1. The minimum absolute atomic E-state index is 0.00292. The SMILES string of the molecule is O=C(CCN1Cc2ccccc2C1=O)Nc1ccc(OCC2CCCCO2)cc1. The van der Waals surface area contributed by atoms with Crippen molar-refractivity contribution in [1.82, 2.24) is 4.90 Å². The van der Waals surface area contributed by atoms with Gasteiger partial charge in [0.2, 0.25) is 5.91 Å². The molecule has 2 aliphatic heterocycles. The zero-order valence-corrected chi connectivity index (χ0v) is 16.4. The average molecular weight is 394 g/mol. The molecule has 2 amide bonds. The lowest BCUT2D eigenvalue weighted by Crippen LogP contribution is -2.28. The van der Waals surface area contributed by atoms with Crippen LogP contribution in [0.1, 0.15) is 41.6 Å². The van der Waals surface area contributed by atoms with E-state index in [9.17, 15) is 9.59 Å². The van der Waals surface area contributed by atoms with Gasteiger partial charge in [-0.05, 0) is 55.2 Å². The molecule has 2 aromatic carbocycles. The molecule has 0 spiro atoms. The molecule has 1 saturated heterocycles. The summed E-state index contributed by atoms with van der Waals surface area (Å²) in [5.74, 6) is 0.646. The van der Waals surface area contributed by atoms with E-state index in [0.717, 1.165) is 36.3 Å². The summed E-state index contributed by atoms with van der Waals surface area (Å²) in [6.07, 6.45) is 3.79. The lowest BCUT2D eigenvalue weighted by atomic mass is 10.1. The molecule has 1 N–H and O–H groups in total. The molecule has 2 heterocycles. The van der Waals surface area contributed by atoms with Gasteiger partial charge in [0.1, 0.15) is 12.4 Å². The van der Waals surface area contributed by atoms with Gasteiger partial charge < -0.3 is 19.7 Å². The van der Waals surface area contributed by atoms with Gasteiger partial charge in [0.25, 0.3) is 5.91 Å². The minimum atomic E-state index is -0.113. The number of hydrogen-bond acceptors (Lipinski definition) is 4. The van der Waals surface area contributed by atoms with Gasteiger partial charge in [-0.25, -0.2) is 0 Å². The number of ether oxygens (including phenoxy) is 2. The van der Waals surface area contributed by atoms with Crippen molar-refractivity contribution in [2.45, 2.75) is 38.3 Å². The monoisotopic (exact) mass is 394 g/mol. The number of amides is 2. The second-order valence-corrected chi connectivity index (χ2v) is 7.51. The summed E-state index contributed by atoms with van der Waals surface area (Å²) in [5, 5.41) is 2.88. The highest BCUT2D eigenvalue weighted by Crippen LogP contribution is 2.23. The van der Waals surface area contributed by atoms with Gasteiger partial charge in [0.15, 0.2) is 0 Å². The molecule has 0 aliphatic carbocycles. The maximum Gasteiger partial charge on any atom is 0.254 e. The Kier molecular flexibility index (Phi) is 6.10. The van der Waals surface area contributed by atoms with Gasteiger partial charge in [-0.15, -0.1) is 0 Å². The summed E-state index contributed by atoms with van der Waals surface area (Å²) >= 11 is 0. The van der Waals surface area contributed by atoms with Crippen molar-refractivity contribution in [1.29, 1.82) is 0 Å². The van der Waals surface area contributed by atoms with E-state index in [0.29, 0.717) is 25.4 Å². The summed E-state index contributed by atoms with van der Waals surface area (Å²) in [7, 11) is 0. The zero-order valence-electron chi connectivity index (χ0n) is 16.4. The number of benzene rings is 2. The third-order valence-corrected chi connectivity index (χ3v) is 5.35. The molecule has 2 aliphatic rings. The topological polar surface area (TPSA) is 67.9 Å². The molecule has 0 aromatic heterocycles. The molecule has 1 fully saturated rings. The van der Waals surface area contributed by atoms with Crippen LogP contribution in [0, 0.1) is 0 Å². The predicted molar refractivity (Wildman–Crippen MR) is 110 cm³/mol. The van der Waals surface area contributed by atoms with Gasteiger partial charge >= 0.3 is 0 Å². The first kappa shape index (κ1) is 19.5. The molecule has 29 heavy (non-hydrogen) atoms. The summed E-state index contributed by atoms with van der Waals surface area (Å²) < 4.78 is 11.4. The van der Waals surface area contributed by atoms with Crippen molar-refractivity contribution in [3.8, 4) is 5.75 Å². The van der Waals surface area contributed by atoms with E-state index in [1.54, 1.807) is 4.90 Å². The Bertz CT molecular complexity index is 859. The summed E-state index contributed by atoms with van der Waals surface area (Å²) in [4.78, 5) is 26.3. The second kappa shape index (κ2) is 9.09. The van der Waals surface area contributed by atoms with Crippen LogP contribution < -0.4 is 10.1 Å². The summed E-state index contributed by atoms with van der Waals surface area (Å²) in [6.45, 7) is 2.34. The normalized spacial score (nSPS) is 18.4. The standard InChI is InChI=1S/C23H26N2O4/c26-22(12-13-25-15-17-5-1-2-7-21(17)23(25)27)24-18-8-10-19(11-9-18)29-16-20-6-3-4-14-28-20/h1-2,5,7-11,20H,3-4,6,12-16H2,(H,24,26). The van der Waals surface area contributed by atoms with Crippen LogP contribution in [0.25, 0.3) is 0 Å². The Morgan fingerprint density at radius 3 is 2.72 bits per heavy atom. The maximum atomic E-state index is 12.4. The number of carbonyl (C=O) groups is 2. The average Bonchev–Trinajstić information content (AvgIpc) is 3.08. The predicted octanol–water partition coefficient (Wildman–Crippen LogP) is 3.62. The van der Waals surface area contributed by atoms with Gasteiger partial charge in [-0.3, -0.25) is 9.59 Å². The highest BCUT2D eigenvalue weighted by molar-refractivity contribution is 5.98. The van der Waals surface area contributed by atoms with Crippen LogP contribution in [0.15, 0.2) is 48.5 Å². The van der Waals surface area contributed by atoms with Crippen molar-refractivity contribution in [2.75, 3.05) is 25.1 Å². The van der Waals surface area contributed by atoms with E-state index in [4.69, 9.17) is 9.47 Å². The van der Waals surface area contributed by atoms with Gasteiger partial charge in [-0.2, -0.15) is 0 Å². The number of rotatable bonds is 7. The smallest absolute Gasteiger partial charge is 0.254 e. The van der Waals surface area contributed by atoms with Gasteiger partial charge in [0.05, 0.1) is 6.10 Å². The van der Waals surface area contributed by atoms with Crippen LogP contribution in [0.2, 0.25) is 0 Å². The number of fused-ring (bicyclic) bond motifs is 1. The third-order valence-electron chi connectivity index (χ3n) is 5.35. The maximum absolute atomic E-state index is 12.4. The Labute approximate surface area is 170 Å². The van der Waals surface area contributed by atoms with E-state index in [-0.39, 0.29) is 24.3 Å². The number of hydrogen-bond donors (Lipinski definition) is 1. The van der Waals surface area contributed by atoms with Crippen molar-refractivity contribution in [2.24, 2.45) is 0 Å². The summed E-state index contributed by atoms with van der Waals surface area (Å²) in [5.41, 5.74) is 2.47. The Balaban J connectivity index is 1.21. The molecule has 6 nitrogen and oxygen atoms in total. The molecule has 1 unspecified atom stereocenters. The van der Waals surface area contributed by atoms with E-state index >= 15 is 0 Å². The van der Waals surface area contributed by atoms with Crippen molar-refractivity contribution >= 4 is 17.5 Å². The Morgan fingerprint density at radius 1 is 1.14 bits per heavy atom. The zero-order chi connectivity index (χ0) is 20.1. The van der Waals surface area contributed by atoms with E-state index in [2.05, 4.69) is 5.32 Å². The molecule has 4 rings (SSSR count). The fourth-order valence-electron chi connectivity index (χ4n) is 3.72. The Hall–Kier alpha value is -2.86. The molecule has 6 heteroatoms. The molecule has 0 radical (unpaired) electrons. The van der Waals surface area contributed by atoms with E-state index in [1.807, 2.05) is 48.5 Å². The van der Waals surface area contributed by atoms with Crippen LogP contribution in [0.3, 0.4) is 0 Å². The first-order valence-corrected chi connectivity index (χ1v) is 10.2. The molecule has 2 aromatic rings. The van der Waals surface area contributed by atoms with E-state index in [1.165, 1.54) is 6.42 Å². The van der Waals surface area contributed by atoms with E-state index < -0.39 is 0 Å². The molecule has 152 valence electrons. The third kappa shape index (κ3) is 4.95. The quantitative estimate of drug-likeness (QED) is 0.779. The van der Waals surface area contributed by atoms with Crippen LogP contribution in [0.5, 0.6) is 5.75 Å². The van der Waals surface area contributed by atoms with Crippen molar-refractivity contribution in [3.05, 3.63) is 59.7 Å². The van der Waals surface area contributed by atoms with Crippen LogP contribution in [0.4, 0.5) is 5.69 Å². The summed E-state index contributed by atoms with van der Waals surface area (Å²) in [6, 6.07) is 14.9. The molecular weight excluding hydrogens is 368 g/mol.